The van der Waals surface area contributed by atoms with Gasteiger partial charge in [-0.3, -0.25) is 14.4 Å². The molecule has 14 nitrogen and oxygen atoms in total. The number of nitrogen functional groups attached to an aromatic ring is 2. The van der Waals surface area contributed by atoms with E-state index in [1.165, 1.54) is 77.0 Å². The van der Waals surface area contributed by atoms with Crippen molar-refractivity contribution in [3.05, 3.63) is 66.0 Å². The van der Waals surface area contributed by atoms with E-state index in [2.05, 4.69) is 16.1 Å². The summed E-state index contributed by atoms with van der Waals surface area (Å²) in [4.78, 5) is 64.5. The summed E-state index contributed by atoms with van der Waals surface area (Å²) in [5, 5.41) is 12.4. The van der Waals surface area contributed by atoms with Crippen molar-refractivity contribution in [2.24, 2.45) is 0 Å². The van der Waals surface area contributed by atoms with Gasteiger partial charge in [-0.15, -0.1) is 0 Å². The molecule has 1 unspecified atom stereocenters. The molecule has 0 spiro atoms. The monoisotopic (exact) mass is 1040 g/mol. The Balaban J connectivity index is 0.973. The summed E-state index contributed by atoms with van der Waals surface area (Å²) in [6.07, 6.45) is 22.1. The van der Waals surface area contributed by atoms with Gasteiger partial charge in [0.2, 0.25) is 22.0 Å². The molecule has 0 fully saturated rings. The fraction of sp³-hybridized carbons (Fsp3) is 0.596. The fourth-order valence-electron chi connectivity index (χ4n) is 9.81. The van der Waals surface area contributed by atoms with E-state index in [0.717, 1.165) is 79.7 Å². The standard InChI is InChI=1S/C57H80N4O10S2/c1-10-11-12-13-14-19-22-25-28-41(61-36(3)47(59)45-40(61)33-38-43(50(65)49(38)64)53(45)68-34-42(62)70-56(4,5)6)73-72-32-27-24-21-18-16-15-17-20-23-26-31-60-35(2)46(58)44-39(60)30-29-37-48(63)51(66)54(69-52(37)44)55(67)71-57(7,8)9/h29-30,33,41,66H,10-28,31-32,34,58-59H2,1-9H3. The summed E-state index contributed by atoms with van der Waals surface area (Å²) in [5.74, 6) is -1.60. The van der Waals surface area contributed by atoms with Crippen molar-refractivity contribution in [1.29, 1.82) is 0 Å². The third kappa shape index (κ3) is 14.0. The number of rotatable bonds is 29. The Labute approximate surface area is 437 Å². The molecule has 3 aromatic carbocycles. The lowest BCUT2D eigenvalue weighted by Crippen LogP contribution is -2.32. The summed E-state index contributed by atoms with van der Waals surface area (Å²) in [7, 11) is 3.73. The molecule has 3 aromatic heterocycles. The van der Waals surface area contributed by atoms with Crippen molar-refractivity contribution in [2.75, 3.05) is 23.8 Å². The third-order valence-corrected chi connectivity index (χ3v) is 16.4. The van der Waals surface area contributed by atoms with Gasteiger partial charge in [-0.2, -0.15) is 0 Å². The second-order valence-corrected chi connectivity index (χ2v) is 24.4. The number of hydrogen-bond acceptors (Lipinski definition) is 14. The number of nitrogens with two attached hydrogens (primary N) is 2. The first-order valence-corrected chi connectivity index (χ1v) is 29.0. The summed E-state index contributed by atoms with van der Waals surface area (Å²) >= 11 is 0. The topological polar surface area (TPSA) is 208 Å². The fourth-order valence-corrected chi connectivity index (χ4v) is 12.7. The van der Waals surface area contributed by atoms with Crippen LogP contribution in [0.25, 0.3) is 43.5 Å². The lowest BCUT2D eigenvalue weighted by atomic mass is 10.0. The summed E-state index contributed by atoms with van der Waals surface area (Å²) in [6, 6.07) is 5.23. The molecule has 73 heavy (non-hydrogen) atoms. The number of fused-ring (bicyclic) bond motifs is 5. The molecule has 5 N–H and O–H groups in total. The Bertz CT molecular complexity index is 3020. The van der Waals surface area contributed by atoms with E-state index in [4.69, 9.17) is 30.1 Å². The van der Waals surface area contributed by atoms with Gasteiger partial charge in [0.25, 0.3) is 5.76 Å². The molecule has 3 heterocycles. The predicted molar refractivity (Wildman–Crippen MR) is 301 cm³/mol. The number of nitrogens with zero attached hydrogens (tertiary/aromatic N) is 2. The molecule has 6 rings (SSSR count). The summed E-state index contributed by atoms with van der Waals surface area (Å²) in [5.41, 5.74) is 14.4. The average Bonchev–Trinajstić information content (AvgIpc) is 3.73. The molecular weight excluding hydrogens is 965 g/mol. The van der Waals surface area contributed by atoms with Gasteiger partial charge in [-0.05, 0) is 92.9 Å². The highest BCUT2D eigenvalue weighted by Crippen LogP contribution is 2.47. The highest BCUT2D eigenvalue weighted by Gasteiger charge is 2.31. The van der Waals surface area contributed by atoms with Gasteiger partial charge < -0.3 is 44.3 Å². The first-order valence-electron chi connectivity index (χ1n) is 26.7. The number of ether oxygens (including phenoxy) is 3. The van der Waals surface area contributed by atoms with Gasteiger partial charge in [0, 0.05) is 29.1 Å². The van der Waals surface area contributed by atoms with Crippen LogP contribution in [0.15, 0.2) is 37.0 Å². The zero-order valence-corrected chi connectivity index (χ0v) is 46.5. The van der Waals surface area contributed by atoms with E-state index in [-0.39, 0.29) is 27.5 Å². The van der Waals surface area contributed by atoms with Crippen LogP contribution >= 0.6 is 21.6 Å². The smallest absolute Gasteiger partial charge is 0.378 e. The highest BCUT2D eigenvalue weighted by atomic mass is 33.1. The minimum atomic E-state index is -0.919. The first-order chi connectivity index (χ1) is 34.7. The lowest BCUT2D eigenvalue weighted by Gasteiger charge is -2.22. The van der Waals surface area contributed by atoms with Crippen LogP contribution in [-0.2, 0) is 20.8 Å². The number of carbonyl (C=O) groups excluding carboxylic acids is 2. The second-order valence-electron chi connectivity index (χ2n) is 21.7. The number of anilines is 2. The van der Waals surface area contributed by atoms with Crippen LogP contribution in [-0.4, -0.2) is 49.7 Å². The molecule has 0 saturated carbocycles. The molecule has 400 valence electrons. The largest absolute Gasteiger partial charge is 0.501 e. The first kappa shape index (κ1) is 57.2. The molecule has 0 bridgehead atoms. The van der Waals surface area contributed by atoms with Crippen LogP contribution in [0.2, 0.25) is 0 Å². The van der Waals surface area contributed by atoms with E-state index in [0.29, 0.717) is 27.5 Å². The molecule has 1 atom stereocenters. The average molecular weight is 1050 g/mol. The number of carbonyl (C=O) groups is 2. The van der Waals surface area contributed by atoms with Crippen LogP contribution in [0.3, 0.4) is 0 Å². The van der Waals surface area contributed by atoms with Crippen molar-refractivity contribution in [2.45, 2.75) is 207 Å². The summed E-state index contributed by atoms with van der Waals surface area (Å²) < 4.78 is 27.2. The van der Waals surface area contributed by atoms with Gasteiger partial charge in [-0.1, -0.05) is 131 Å². The van der Waals surface area contributed by atoms with Gasteiger partial charge >= 0.3 is 11.9 Å². The Morgan fingerprint density at radius 3 is 1.88 bits per heavy atom. The van der Waals surface area contributed by atoms with Gasteiger partial charge in [0.05, 0.1) is 49.3 Å². The number of benzene rings is 2. The van der Waals surface area contributed by atoms with Crippen LogP contribution < -0.4 is 32.5 Å². The van der Waals surface area contributed by atoms with Gasteiger partial charge in [-0.25, -0.2) is 9.59 Å². The Kier molecular flexibility index (Phi) is 19.9. The number of unbranched alkanes of at least 4 members (excludes halogenated alkanes) is 16. The molecule has 0 aliphatic heterocycles. The van der Waals surface area contributed by atoms with Gasteiger partial charge in [0.1, 0.15) is 17.0 Å². The van der Waals surface area contributed by atoms with Crippen molar-refractivity contribution < 1.29 is 33.3 Å². The number of hydrogen-bond donors (Lipinski definition) is 3. The van der Waals surface area contributed by atoms with Crippen LogP contribution in [0, 0.1) is 13.8 Å². The van der Waals surface area contributed by atoms with Crippen molar-refractivity contribution in [3.63, 3.8) is 0 Å². The Morgan fingerprint density at radius 2 is 1.26 bits per heavy atom. The van der Waals surface area contributed by atoms with Crippen molar-refractivity contribution >= 4 is 88.4 Å². The maximum Gasteiger partial charge on any atom is 0.378 e. The van der Waals surface area contributed by atoms with Crippen LogP contribution in [0.5, 0.6) is 11.5 Å². The molecule has 0 aliphatic rings. The van der Waals surface area contributed by atoms with E-state index < -0.39 is 57.5 Å². The highest BCUT2D eigenvalue weighted by molar-refractivity contribution is 8.76. The van der Waals surface area contributed by atoms with Crippen LogP contribution in [0.4, 0.5) is 11.4 Å². The Morgan fingerprint density at radius 1 is 0.685 bits per heavy atom. The van der Waals surface area contributed by atoms with Crippen LogP contribution in [0.1, 0.15) is 198 Å². The molecule has 6 aromatic rings. The van der Waals surface area contributed by atoms with Gasteiger partial charge in [0.15, 0.2) is 12.2 Å². The third-order valence-electron chi connectivity index (χ3n) is 13.6. The number of aromatic nitrogens is 2. The second kappa shape index (κ2) is 25.4. The molecular formula is C57H80N4O10S2. The van der Waals surface area contributed by atoms with E-state index >= 15 is 0 Å². The van der Waals surface area contributed by atoms with Crippen molar-refractivity contribution in [1.82, 2.24) is 9.13 Å². The minimum Gasteiger partial charge on any atom is -0.501 e. The SMILES string of the molecule is CCCCCCCCCCC(SSCCCCCCCCCCCCn1c(C)c(N)c2c3oc(C(=O)OC(C)(C)C)c(O)c(=O)c3ccc21)n1c(C)c(N)c2c(OCC(=O)OC(C)(C)C)c3c(=O)c(=O)c3cc21. The minimum absolute atomic E-state index is 0.0405. The predicted octanol–water partition coefficient (Wildman–Crippen LogP) is 13.6. The van der Waals surface area contributed by atoms with E-state index in [1.54, 1.807) is 53.7 Å². The van der Waals surface area contributed by atoms with E-state index in [9.17, 15) is 29.1 Å². The maximum atomic E-state index is 13.1. The molecule has 0 aliphatic carbocycles. The maximum absolute atomic E-state index is 13.1. The zero-order valence-electron chi connectivity index (χ0n) is 44.9. The number of esters is 2. The van der Waals surface area contributed by atoms with Crippen molar-refractivity contribution in [3.8, 4) is 11.5 Å². The Hall–Kier alpha value is -5.09. The summed E-state index contributed by atoms with van der Waals surface area (Å²) in [6.45, 7) is 16.9. The molecule has 0 radical (unpaired) electrons. The molecule has 0 saturated heterocycles. The number of aryl methyl sites for hydroxylation is 1. The zero-order chi connectivity index (χ0) is 53.2. The molecule has 16 heteroatoms. The quantitative estimate of drug-likeness (QED) is 0.0173. The lowest BCUT2D eigenvalue weighted by molar-refractivity contribution is -0.157. The number of aromatic hydroxyl groups is 1. The normalized spacial score (nSPS) is 12.8. The van der Waals surface area contributed by atoms with E-state index in [1.807, 2.05) is 41.5 Å². The molecule has 0 amide bonds.